The molecule has 2 aromatic heterocycles. The first kappa shape index (κ1) is 11.1. The van der Waals surface area contributed by atoms with Gasteiger partial charge < -0.3 is 8.83 Å². The van der Waals surface area contributed by atoms with Crippen LogP contribution in [0.5, 0.6) is 0 Å². The molecule has 0 unspecified atom stereocenters. The van der Waals surface area contributed by atoms with Gasteiger partial charge in [-0.2, -0.15) is 0 Å². The Morgan fingerprint density at radius 2 is 1.61 bits per heavy atom. The molecule has 0 amide bonds. The highest BCUT2D eigenvalue weighted by Crippen LogP contribution is 2.34. The van der Waals surface area contributed by atoms with Crippen molar-refractivity contribution in [3.8, 4) is 0 Å². The molecule has 0 bridgehead atoms. The molecule has 92 valence electrons. The van der Waals surface area contributed by atoms with Gasteiger partial charge in [-0.05, 0) is 44.9 Å². The van der Waals surface area contributed by atoms with Crippen molar-refractivity contribution in [2.45, 2.75) is 27.7 Å². The number of hydrogen-bond acceptors (Lipinski definition) is 3. The molecule has 3 aromatic rings. The largest absolute Gasteiger partial charge is 0.461 e. The first-order valence-electron chi connectivity index (χ1n) is 5.93. The fraction of sp³-hybridized carbons (Fsp3) is 0.267. The second-order valence-electron chi connectivity index (χ2n) is 4.81. The van der Waals surface area contributed by atoms with E-state index in [4.69, 9.17) is 8.83 Å². The van der Waals surface area contributed by atoms with Crippen LogP contribution in [0.2, 0.25) is 0 Å². The van der Waals surface area contributed by atoms with E-state index < -0.39 is 0 Å². The van der Waals surface area contributed by atoms with Gasteiger partial charge in [-0.15, -0.1) is 0 Å². The van der Waals surface area contributed by atoms with Crippen LogP contribution < -0.4 is 5.63 Å². The minimum Gasteiger partial charge on any atom is -0.461 e. The van der Waals surface area contributed by atoms with Crippen molar-refractivity contribution in [3.63, 3.8) is 0 Å². The van der Waals surface area contributed by atoms with Crippen LogP contribution in [0.15, 0.2) is 25.8 Å². The topological polar surface area (TPSA) is 43.4 Å². The fourth-order valence-corrected chi connectivity index (χ4v) is 2.44. The smallest absolute Gasteiger partial charge is 0.336 e. The average Bonchev–Trinajstić information content (AvgIpc) is 2.59. The lowest BCUT2D eigenvalue weighted by molar-refractivity contribution is 0.561. The molecule has 1 aromatic carbocycles. The summed E-state index contributed by atoms with van der Waals surface area (Å²) in [7, 11) is 0. The molecule has 0 aliphatic carbocycles. The fourth-order valence-electron chi connectivity index (χ4n) is 2.44. The van der Waals surface area contributed by atoms with E-state index in [0.717, 1.165) is 38.8 Å². The Hall–Kier alpha value is -2.03. The Kier molecular flexibility index (Phi) is 2.14. The molecule has 0 saturated heterocycles. The molecule has 0 spiro atoms. The van der Waals surface area contributed by atoms with Crippen LogP contribution in [0, 0.1) is 27.7 Å². The summed E-state index contributed by atoms with van der Waals surface area (Å²) in [5.74, 6) is 0.866. The zero-order valence-electron chi connectivity index (χ0n) is 10.9. The average molecular weight is 242 g/mol. The maximum Gasteiger partial charge on any atom is 0.336 e. The van der Waals surface area contributed by atoms with Crippen molar-refractivity contribution in [3.05, 3.63) is 45.0 Å². The summed E-state index contributed by atoms with van der Waals surface area (Å²) in [5, 5.41) is 1.90. The van der Waals surface area contributed by atoms with E-state index in [1.165, 1.54) is 6.07 Å². The van der Waals surface area contributed by atoms with Gasteiger partial charge in [-0.1, -0.05) is 0 Å². The van der Waals surface area contributed by atoms with Gasteiger partial charge in [0.2, 0.25) is 0 Å². The molecular weight excluding hydrogens is 228 g/mol. The van der Waals surface area contributed by atoms with Crippen LogP contribution in [0.4, 0.5) is 0 Å². The molecule has 0 saturated carbocycles. The van der Waals surface area contributed by atoms with E-state index >= 15 is 0 Å². The van der Waals surface area contributed by atoms with Gasteiger partial charge in [0, 0.05) is 17.0 Å². The molecule has 0 fully saturated rings. The van der Waals surface area contributed by atoms with Crippen molar-refractivity contribution in [2.75, 3.05) is 0 Å². The van der Waals surface area contributed by atoms with E-state index in [1.807, 2.05) is 33.8 Å². The van der Waals surface area contributed by atoms with Crippen molar-refractivity contribution >= 4 is 21.9 Å². The summed E-state index contributed by atoms with van der Waals surface area (Å²) in [4.78, 5) is 11.6. The summed E-state index contributed by atoms with van der Waals surface area (Å²) in [6.45, 7) is 7.85. The van der Waals surface area contributed by atoms with Gasteiger partial charge in [-0.3, -0.25) is 0 Å². The number of rotatable bonds is 0. The van der Waals surface area contributed by atoms with Gasteiger partial charge in [-0.25, -0.2) is 4.79 Å². The zero-order chi connectivity index (χ0) is 13.0. The zero-order valence-corrected chi connectivity index (χ0v) is 10.9. The first-order chi connectivity index (χ1) is 8.49. The van der Waals surface area contributed by atoms with Gasteiger partial charge in [0.1, 0.15) is 16.9 Å². The Labute approximate surface area is 104 Å². The lowest BCUT2D eigenvalue weighted by atomic mass is 10.0. The van der Waals surface area contributed by atoms with E-state index in [0.29, 0.717) is 5.58 Å². The molecule has 3 rings (SSSR count). The number of fused-ring (bicyclic) bond motifs is 3. The third-order valence-corrected chi connectivity index (χ3v) is 3.54. The second-order valence-corrected chi connectivity index (χ2v) is 4.81. The van der Waals surface area contributed by atoms with E-state index in [2.05, 4.69) is 0 Å². The van der Waals surface area contributed by atoms with Gasteiger partial charge in [0.25, 0.3) is 0 Å². The maximum atomic E-state index is 11.6. The number of hydrogen-bond donors (Lipinski definition) is 0. The molecule has 0 N–H and O–H groups in total. The summed E-state index contributed by atoms with van der Waals surface area (Å²) >= 11 is 0. The summed E-state index contributed by atoms with van der Waals surface area (Å²) in [5.41, 5.74) is 4.16. The van der Waals surface area contributed by atoms with Crippen molar-refractivity contribution in [2.24, 2.45) is 0 Å². The van der Waals surface area contributed by atoms with E-state index in [9.17, 15) is 4.79 Å². The Morgan fingerprint density at radius 3 is 2.33 bits per heavy atom. The summed E-state index contributed by atoms with van der Waals surface area (Å²) in [6.07, 6.45) is 0. The van der Waals surface area contributed by atoms with Crippen LogP contribution in [-0.4, -0.2) is 0 Å². The van der Waals surface area contributed by atoms with Gasteiger partial charge >= 0.3 is 5.63 Å². The molecule has 3 heteroatoms. The number of furan rings is 1. The normalized spacial score (nSPS) is 11.6. The van der Waals surface area contributed by atoms with Crippen molar-refractivity contribution in [1.82, 2.24) is 0 Å². The molecule has 0 radical (unpaired) electrons. The Morgan fingerprint density at radius 1 is 0.889 bits per heavy atom. The number of benzene rings is 1. The lowest BCUT2D eigenvalue weighted by Gasteiger charge is -2.04. The first-order valence-corrected chi connectivity index (χ1v) is 5.93. The predicted octanol–water partition coefficient (Wildman–Crippen LogP) is 3.77. The third-order valence-electron chi connectivity index (χ3n) is 3.54. The highest BCUT2D eigenvalue weighted by Gasteiger charge is 2.16. The monoisotopic (exact) mass is 242 g/mol. The standard InChI is InChI=1S/C15H14O3/c1-7-6-12(16)18-15-11(7)5-8(2)14-13(15)9(3)10(4)17-14/h5-6H,1-4H3. The molecule has 0 aliphatic rings. The summed E-state index contributed by atoms with van der Waals surface area (Å²) in [6, 6.07) is 3.54. The molecule has 0 atom stereocenters. The second kappa shape index (κ2) is 3.48. The molecular formula is C15H14O3. The van der Waals surface area contributed by atoms with E-state index in [1.54, 1.807) is 0 Å². The van der Waals surface area contributed by atoms with Crippen molar-refractivity contribution in [1.29, 1.82) is 0 Å². The van der Waals surface area contributed by atoms with Crippen LogP contribution in [0.3, 0.4) is 0 Å². The molecule has 2 heterocycles. The van der Waals surface area contributed by atoms with Crippen LogP contribution >= 0.6 is 0 Å². The van der Waals surface area contributed by atoms with Crippen LogP contribution in [-0.2, 0) is 0 Å². The Balaban J connectivity index is 2.71. The SMILES string of the molecule is Cc1oc2c(C)cc3c(C)cc(=O)oc3c2c1C. The highest BCUT2D eigenvalue weighted by molar-refractivity contribution is 6.06. The highest BCUT2D eigenvalue weighted by atomic mass is 16.4. The lowest BCUT2D eigenvalue weighted by Crippen LogP contribution is -1.98. The van der Waals surface area contributed by atoms with Crippen LogP contribution in [0.1, 0.15) is 22.5 Å². The van der Waals surface area contributed by atoms with Gasteiger partial charge in [0.15, 0.2) is 0 Å². The quantitative estimate of drug-likeness (QED) is 0.563. The molecule has 3 nitrogen and oxygen atoms in total. The summed E-state index contributed by atoms with van der Waals surface area (Å²) < 4.78 is 11.1. The maximum absolute atomic E-state index is 11.6. The minimum absolute atomic E-state index is 0.316. The predicted molar refractivity (Wildman–Crippen MR) is 71.2 cm³/mol. The minimum atomic E-state index is -0.316. The third kappa shape index (κ3) is 1.33. The molecule has 0 aliphatic heterocycles. The molecule has 18 heavy (non-hydrogen) atoms. The Bertz CT molecular complexity index is 834. The van der Waals surface area contributed by atoms with Crippen LogP contribution in [0.25, 0.3) is 21.9 Å². The van der Waals surface area contributed by atoms with Crippen molar-refractivity contribution < 1.29 is 8.83 Å². The van der Waals surface area contributed by atoms with E-state index in [-0.39, 0.29) is 5.63 Å². The van der Waals surface area contributed by atoms with Gasteiger partial charge in [0.05, 0.1) is 5.39 Å². The number of aryl methyl sites for hydroxylation is 4.